The molecule has 0 radical (unpaired) electrons. The van der Waals surface area contributed by atoms with Gasteiger partial charge in [-0.25, -0.2) is 0 Å². The third-order valence-corrected chi connectivity index (χ3v) is 2.70. The molecule has 1 fully saturated rings. The van der Waals surface area contributed by atoms with E-state index in [2.05, 4.69) is 0 Å². The first-order valence-corrected chi connectivity index (χ1v) is 4.89. The molecule has 0 aromatic heterocycles. The van der Waals surface area contributed by atoms with Crippen molar-refractivity contribution in [3.63, 3.8) is 0 Å². The summed E-state index contributed by atoms with van der Waals surface area (Å²) < 4.78 is 0. The van der Waals surface area contributed by atoms with E-state index in [1.165, 1.54) is 0 Å². The molecule has 0 N–H and O–H groups in total. The number of Topliss-reactive ketones (excluding diaryl/α,β-unsaturated/α-hetero) is 2. The topological polar surface area (TPSA) is 97.3 Å². The smallest absolute Gasteiger partial charge is 0.851 e. The summed E-state index contributed by atoms with van der Waals surface area (Å²) in [5, 5.41) is 21.8. The second kappa shape index (κ2) is 6.69. The normalized spacial score (nSPS) is 27.1. The minimum atomic E-state index is -1.39. The van der Waals surface area contributed by atoms with Crippen LogP contribution in [0.5, 0.6) is 0 Å². The minimum Gasteiger partial charge on any atom is -0.851 e. The van der Waals surface area contributed by atoms with E-state index in [1.807, 2.05) is 0 Å². The van der Waals surface area contributed by atoms with Crippen molar-refractivity contribution in [1.29, 1.82) is 0 Å². The van der Waals surface area contributed by atoms with Crippen LogP contribution in [-0.2, 0) is 14.4 Å². The molecule has 0 heterocycles. The fourth-order valence-corrected chi connectivity index (χ4v) is 1.81. The zero-order valence-electron chi connectivity index (χ0n) is 9.10. The molecular formula is C10H12CaO5. The molecule has 0 saturated heterocycles. The van der Waals surface area contributed by atoms with E-state index in [9.17, 15) is 24.6 Å². The van der Waals surface area contributed by atoms with Gasteiger partial charge in [-0.1, -0.05) is 13.3 Å². The maximum Gasteiger partial charge on any atom is 2.00 e. The summed E-state index contributed by atoms with van der Waals surface area (Å²) in [6.07, 6.45) is -1.56. The van der Waals surface area contributed by atoms with Gasteiger partial charge in [0, 0.05) is 24.7 Å². The minimum absolute atomic E-state index is 0. The van der Waals surface area contributed by atoms with Crippen LogP contribution in [0.2, 0.25) is 0 Å². The van der Waals surface area contributed by atoms with E-state index >= 15 is 0 Å². The second-order valence-electron chi connectivity index (χ2n) is 3.78. The van der Waals surface area contributed by atoms with Gasteiger partial charge in [0.15, 0.2) is 0 Å². The van der Waals surface area contributed by atoms with Gasteiger partial charge in [0.25, 0.3) is 0 Å². The number of carboxylic acid groups (broad SMARTS) is 1. The van der Waals surface area contributed by atoms with Crippen molar-refractivity contribution in [2.45, 2.75) is 32.3 Å². The number of hydrogen-bond donors (Lipinski definition) is 0. The summed E-state index contributed by atoms with van der Waals surface area (Å²) in [5.74, 6) is -4.70. The van der Waals surface area contributed by atoms with Crippen LogP contribution in [-0.4, -0.2) is 61.4 Å². The predicted octanol–water partition coefficient (Wildman–Crippen LogP) is -2.34. The summed E-state index contributed by atoms with van der Waals surface area (Å²) in [7, 11) is 0. The first-order valence-electron chi connectivity index (χ1n) is 4.89. The zero-order chi connectivity index (χ0) is 11.6. The Labute approximate surface area is 123 Å². The SMILES string of the molecule is CCC([O-])C1C(=O)CC(C(=O)[O-])CC1=O.[Ca+2]. The van der Waals surface area contributed by atoms with E-state index in [4.69, 9.17) is 0 Å². The fourth-order valence-electron chi connectivity index (χ4n) is 1.81. The largest absolute Gasteiger partial charge is 2.00 e. The van der Waals surface area contributed by atoms with Crippen LogP contribution in [0, 0.1) is 11.8 Å². The Morgan fingerprint density at radius 1 is 1.38 bits per heavy atom. The summed E-state index contributed by atoms with van der Waals surface area (Å²) >= 11 is 0. The molecule has 0 aromatic rings. The molecule has 0 amide bonds. The van der Waals surface area contributed by atoms with E-state index in [0.29, 0.717) is 0 Å². The Hall–Kier alpha value is 0.0297. The Morgan fingerprint density at radius 2 is 1.81 bits per heavy atom. The van der Waals surface area contributed by atoms with Gasteiger partial charge in [-0.3, -0.25) is 9.59 Å². The molecule has 1 unspecified atom stereocenters. The van der Waals surface area contributed by atoms with Crippen molar-refractivity contribution < 1.29 is 24.6 Å². The zero-order valence-corrected chi connectivity index (χ0v) is 11.3. The van der Waals surface area contributed by atoms with Crippen molar-refractivity contribution in [3.05, 3.63) is 0 Å². The Kier molecular flexibility index (Phi) is 6.70. The van der Waals surface area contributed by atoms with E-state index in [0.717, 1.165) is 0 Å². The van der Waals surface area contributed by atoms with Gasteiger partial charge in [-0.05, 0) is 0 Å². The van der Waals surface area contributed by atoms with Crippen LogP contribution in [0.15, 0.2) is 0 Å². The summed E-state index contributed by atoms with van der Waals surface area (Å²) in [6.45, 7) is 1.60. The Morgan fingerprint density at radius 3 is 2.12 bits per heavy atom. The number of rotatable bonds is 3. The summed E-state index contributed by atoms with van der Waals surface area (Å²) in [6, 6.07) is 0. The molecule has 6 heteroatoms. The number of carboxylic acids is 1. The van der Waals surface area contributed by atoms with Gasteiger partial charge in [-0.15, -0.1) is 6.10 Å². The third-order valence-electron chi connectivity index (χ3n) is 2.70. The molecule has 0 bridgehead atoms. The van der Waals surface area contributed by atoms with Crippen molar-refractivity contribution in [3.8, 4) is 0 Å². The van der Waals surface area contributed by atoms with Crippen molar-refractivity contribution in [2.75, 3.05) is 0 Å². The molecule has 1 rings (SSSR count). The van der Waals surface area contributed by atoms with E-state index < -0.39 is 35.5 Å². The number of carbonyl (C=O) groups is 3. The summed E-state index contributed by atoms with van der Waals surface area (Å²) in [4.78, 5) is 33.3. The number of hydrogen-bond acceptors (Lipinski definition) is 5. The monoisotopic (exact) mass is 252 g/mol. The Balaban J connectivity index is 0.00000225. The molecule has 0 aromatic carbocycles. The maximum atomic E-state index is 11.4. The average molecular weight is 252 g/mol. The average Bonchev–Trinajstić information content (AvgIpc) is 2.16. The predicted molar refractivity (Wildman–Crippen MR) is 51.1 cm³/mol. The van der Waals surface area contributed by atoms with Gasteiger partial charge in [0.2, 0.25) is 0 Å². The first-order chi connectivity index (χ1) is 6.97. The van der Waals surface area contributed by atoms with Crippen LogP contribution in [0.4, 0.5) is 0 Å². The molecule has 0 spiro atoms. The van der Waals surface area contributed by atoms with Crippen LogP contribution in [0.25, 0.3) is 0 Å². The van der Waals surface area contributed by atoms with Crippen LogP contribution in [0.3, 0.4) is 0 Å². The molecule has 5 nitrogen and oxygen atoms in total. The van der Waals surface area contributed by atoms with Gasteiger partial charge in [0.05, 0.1) is 5.92 Å². The van der Waals surface area contributed by atoms with Crippen LogP contribution in [0.1, 0.15) is 26.2 Å². The molecule has 1 aliphatic rings. The van der Waals surface area contributed by atoms with Crippen molar-refractivity contribution >= 4 is 55.3 Å². The third kappa shape index (κ3) is 3.52. The van der Waals surface area contributed by atoms with Gasteiger partial charge >= 0.3 is 37.7 Å². The molecular weight excluding hydrogens is 240 g/mol. The van der Waals surface area contributed by atoms with Crippen LogP contribution < -0.4 is 10.2 Å². The molecule has 1 saturated carbocycles. The molecule has 1 aliphatic carbocycles. The summed E-state index contributed by atoms with van der Waals surface area (Å²) in [5.41, 5.74) is 0. The molecule has 0 aliphatic heterocycles. The van der Waals surface area contributed by atoms with Crippen molar-refractivity contribution in [1.82, 2.24) is 0 Å². The molecule has 1 atom stereocenters. The second-order valence-corrected chi connectivity index (χ2v) is 3.78. The molecule has 16 heavy (non-hydrogen) atoms. The fraction of sp³-hybridized carbons (Fsp3) is 0.700. The maximum absolute atomic E-state index is 11.4. The van der Waals surface area contributed by atoms with Crippen molar-refractivity contribution in [2.24, 2.45) is 11.8 Å². The molecule has 84 valence electrons. The number of aliphatic carboxylic acids is 1. The number of carbonyl (C=O) groups excluding carboxylic acids is 3. The first kappa shape index (κ1) is 16.0. The number of ketones is 2. The van der Waals surface area contributed by atoms with E-state index in [1.54, 1.807) is 6.92 Å². The van der Waals surface area contributed by atoms with Crippen LogP contribution >= 0.6 is 0 Å². The van der Waals surface area contributed by atoms with Gasteiger partial charge in [0.1, 0.15) is 11.6 Å². The standard InChI is InChI=1S/C10H13O5.Ca/c1-2-6(11)9-7(12)3-5(10(14)15)4-8(9)13;/h5-6,9H,2-4H2,1H3,(H,14,15);/q-1;+2/p-1. The van der Waals surface area contributed by atoms with Gasteiger partial charge < -0.3 is 15.0 Å². The van der Waals surface area contributed by atoms with E-state index in [-0.39, 0.29) is 57.0 Å². The van der Waals surface area contributed by atoms with Gasteiger partial charge in [-0.2, -0.15) is 0 Å². The quantitative estimate of drug-likeness (QED) is 0.414. The Bertz CT molecular complexity index is 284.